The maximum absolute atomic E-state index is 16.5. The van der Waals surface area contributed by atoms with E-state index in [1.807, 2.05) is 141 Å². The number of esters is 4. The van der Waals surface area contributed by atoms with Gasteiger partial charge < -0.3 is 24.1 Å². The van der Waals surface area contributed by atoms with Crippen molar-refractivity contribution in [2.45, 2.75) is 138 Å². The molecule has 4 unspecified atom stereocenters. The summed E-state index contributed by atoms with van der Waals surface area (Å²) in [7, 11) is 0. The van der Waals surface area contributed by atoms with E-state index in [0.717, 1.165) is 40.7 Å². The lowest BCUT2D eigenvalue weighted by Crippen LogP contribution is -2.77. The van der Waals surface area contributed by atoms with Crippen LogP contribution in [0.1, 0.15) is 128 Å². The quantitative estimate of drug-likeness (QED) is 0.0626. The van der Waals surface area contributed by atoms with E-state index < -0.39 is 62.5 Å². The van der Waals surface area contributed by atoms with Gasteiger partial charge in [0.15, 0.2) is 0 Å². The highest BCUT2D eigenvalue weighted by Crippen LogP contribution is 2.85. The third-order valence-electron chi connectivity index (χ3n) is 17.5. The first-order valence-corrected chi connectivity index (χ1v) is 24.9. The Morgan fingerprint density at radius 2 is 0.971 bits per heavy atom. The Kier molecular flexibility index (Phi) is 14.3. The summed E-state index contributed by atoms with van der Waals surface area (Å²) in [6, 6.07) is 37.9. The molecule has 0 bridgehead atoms. The van der Waals surface area contributed by atoms with Gasteiger partial charge in [-0.15, -0.1) is 0 Å². The molecule has 1 N–H and O–H groups in total. The van der Waals surface area contributed by atoms with Crippen LogP contribution < -0.4 is 0 Å². The zero-order valence-electron chi connectivity index (χ0n) is 40.7. The first-order chi connectivity index (χ1) is 32.7. The number of aliphatic hydroxyl groups is 1. The number of rotatable bonds is 17. The van der Waals surface area contributed by atoms with Gasteiger partial charge in [0, 0.05) is 10.8 Å². The molecule has 3 fully saturated rings. The molecule has 8 rings (SSSR count). The lowest BCUT2D eigenvalue weighted by molar-refractivity contribution is -0.268. The molecule has 0 aliphatic heterocycles. The van der Waals surface area contributed by atoms with Crippen molar-refractivity contribution >= 4 is 23.9 Å². The largest absolute Gasteiger partial charge is 0.460 e. The van der Waals surface area contributed by atoms with E-state index in [0.29, 0.717) is 31.6 Å². The van der Waals surface area contributed by atoms with Gasteiger partial charge in [-0.1, -0.05) is 180 Å². The number of aliphatic hydroxyl groups excluding tert-OH is 1. The highest BCUT2D eigenvalue weighted by molar-refractivity contribution is 5.99. The summed E-state index contributed by atoms with van der Waals surface area (Å²) in [6.45, 7) is 10.3. The zero-order chi connectivity index (χ0) is 48.2. The van der Waals surface area contributed by atoms with Crippen molar-refractivity contribution in [3.63, 3.8) is 0 Å². The van der Waals surface area contributed by atoms with Crippen molar-refractivity contribution in [1.29, 1.82) is 0 Å². The van der Waals surface area contributed by atoms with Gasteiger partial charge in [0.2, 0.25) is 0 Å². The molecule has 0 aromatic heterocycles. The monoisotopic (exact) mass is 923 g/mol. The van der Waals surface area contributed by atoms with Gasteiger partial charge in [0.1, 0.15) is 31.8 Å². The molecular weight excluding hydrogens is 853 g/mol. The lowest BCUT2D eigenvalue weighted by atomic mass is 9.28. The maximum Gasteiger partial charge on any atom is 0.315 e. The molecule has 0 radical (unpaired) electrons. The van der Waals surface area contributed by atoms with E-state index in [1.165, 1.54) is 0 Å². The molecule has 0 saturated heterocycles. The molecule has 4 aromatic carbocycles. The zero-order valence-corrected chi connectivity index (χ0v) is 40.7. The van der Waals surface area contributed by atoms with Crippen LogP contribution in [-0.2, 0) is 64.6 Å². The van der Waals surface area contributed by atoms with Crippen molar-refractivity contribution in [2.24, 2.45) is 44.3 Å². The van der Waals surface area contributed by atoms with E-state index >= 15 is 19.2 Å². The van der Waals surface area contributed by atoms with E-state index in [-0.39, 0.29) is 64.4 Å². The first-order valence-electron chi connectivity index (χ1n) is 24.9. The van der Waals surface area contributed by atoms with Crippen LogP contribution in [0.4, 0.5) is 0 Å². The highest BCUT2D eigenvalue weighted by atomic mass is 16.6. The van der Waals surface area contributed by atoms with Gasteiger partial charge in [-0.05, 0) is 91.9 Å². The van der Waals surface area contributed by atoms with E-state index in [1.54, 1.807) is 0 Å². The Hall–Kier alpha value is -5.54. The number of benzene rings is 4. The molecule has 3 saturated carbocycles. The maximum atomic E-state index is 16.5. The van der Waals surface area contributed by atoms with Crippen molar-refractivity contribution < 1.29 is 43.2 Å². The molecular formula is C59H70O9. The van der Waals surface area contributed by atoms with Gasteiger partial charge in [-0.2, -0.15) is 0 Å². The third-order valence-corrected chi connectivity index (χ3v) is 17.5. The number of ether oxygens (including phenoxy) is 4. The summed E-state index contributed by atoms with van der Waals surface area (Å²) >= 11 is 0. The first kappa shape index (κ1) is 48.9. The molecule has 0 spiro atoms. The summed E-state index contributed by atoms with van der Waals surface area (Å²) in [5, 5.41) is 11.3. The van der Waals surface area contributed by atoms with Crippen molar-refractivity contribution in [2.75, 3.05) is 0 Å². The Morgan fingerprint density at radius 1 is 0.544 bits per heavy atom. The smallest absolute Gasteiger partial charge is 0.315 e. The fraction of sp³-hybridized carbons (Fsp3) is 0.492. The predicted octanol–water partition coefficient (Wildman–Crippen LogP) is 11.8. The molecule has 0 amide bonds. The second-order valence-corrected chi connectivity index (χ2v) is 21.2. The number of hydrogen-bond donors (Lipinski definition) is 1. The van der Waals surface area contributed by atoms with Gasteiger partial charge >= 0.3 is 23.9 Å². The normalized spacial score (nSPS) is 29.9. The van der Waals surface area contributed by atoms with Crippen LogP contribution in [0.25, 0.3) is 0 Å². The number of fused-ring (bicyclic) bond motifs is 5. The third kappa shape index (κ3) is 8.00. The second kappa shape index (κ2) is 19.8. The Morgan fingerprint density at radius 3 is 1.44 bits per heavy atom. The van der Waals surface area contributed by atoms with Crippen LogP contribution in [-0.4, -0.2) is 35.1 Å². The average molecular weight is 923 g/mol. The minimum absolute atomic E-state index is 0.0359. The number of hydrogen-bond acceptors (Lipinski definition) is 9. The average Bonchev–Trinajstić information content (AvgIpc) is 3.65. The van der Waals surface area contributed by atoms with Crippen LogP contribution in [0.2, 0.25) is 0 Å². The molecule has 9 heteroatoms. The Bertz CT molecular complexity index is 2440. The van der Waals surface area contributed by atoms with Crippen molar-refractivity contribution in [3.8, 4) is 0 Å². The van der Waals surface area contributed by atoms with Crippen LogP contribution in [0.15, 0.2) is 133 Å². The van der Waals surface area contributed by atoms with Crippen molar-refractivity contribution in [3.05, 3.63) is 155 Å². The molecule has 8 atom stereocenters. The van der Waals surface area contributed by atoms with E-state index in [2.05, 4.69) is 20.8 Å². The molecule has 68 heavy (non-hydrogen) atoms. The summed E-state index contributed by atoms with van der Waals surface area (Å²) < 4.78 is 26.4. The summed E-state index contributed by atoms with van der Waals surface area (Å²) in [6.07, 6.45) is 5.42. The molecule has 4 aliphatic rings. The fourth-order valence-electron chi connectivity index (χ4n) is 14.0. The predicted molar refractivity (Wildman–Crippen MR) is 260 cm³/mol. The standard InChI is InChI=1S/C59H70O9/c1-42(2)19-18-20-43(3)56(50(61)65-38-44-21-10-6-11-22-44)34-36-58(52(63)67-40-46-25-14-8-15-26-46)55(56,5)33-35-57(51(62)66-39-45-23-12-7-13-24-45)54(4)31-30-49(60)37-48(54)29-32-59(57,58)53(64)68-41-47-27-16-9-17-28-47/h6-17,21-29,42-43,49,60H,18-20,30-41H2,1-5H3/t43-,49+,54+,55-,56?,57?,58?,59?/m1/s1. The topological polar surface area (TPSA) is 125 Å². The number of carbonyl (C=O) groups is 4. The number of allylic oxidation sites excluding steroid dienone is 1. The molecule has 0 heterocycles. The van der Waals surface area contributed by atoms with E-state index in [9.17, 15) is 5.11 Å². The van der Waals surface area contributed by atoms with Gasteiger partial charge in [0.05, 0.1) is 22.3 Å². The SMILES string of the molecule is CC(C)CCC[C@@H](C)C1(C(=O)OCc2ccccc2)CCC2(C(=O)OCc3ccccc3)C3(C(=O)OCc4ccccc4)CC=C4C[C@@H](O)CC[C@]4(C)C3(C(=O)OCc3ccccc3)CC[C@]12C. The van der Waals surface area contributed by atoms with Crippen LogP contribution in [0, 0.1) is 44.3 Å². The van der Waals surface area contributed by atoms with E-state index in [4.69, 9.17) is 18.9 Å². The van der Waals surface area contributed by atoms with Gasteiger partial charge in [-0.3, -0.25) is 19.2 Å². The Balaban J connectivity index is 1.39. The van der Waals surface area contributed by atoms with Crippen LogP contribution >= 0.6 is 0 Å². The van der Waals surface area contributed by atoms with Crippen molar-refractivity contribution in [1.82, 2.24) is 0 Å². The molecule has 4 aromatic rings. The summed E-state index contributed by atoms with van der Waals surface area (Å²) in [4.78, 5) is 65.1. The van der Waals surface area contributed by atoms with Gasteiger partial charge in [-0.25, -0.2) is 0 Å². The molecule has 4 aliphatic carbocycles. The molecule has 9 nitrogen and oxygen atoms in total. The second-order valence-electron chi connectivity index (χ2n) is 21.2. The fourth-order valence-corrected chi connectivity index (χ4v) is 14.0. The Labute approximate surface area is 403 Å². The lowest BCUT2D eigenvalue weighted by Gasteiger charge is -2.71. The van der Waals surface area contributed by atoms with Crippen LogP contribution in [0.5, 0.6) is 0 Å². The van der Waals surface area contributed by atoms with Gasteiger partial charge in [0.25, 0.3) is 0 Å². The minimum Gasteiger partial charge on any atom is -0.460 e. The summed E-state index contributed by atoms with van der Waals surface area (Å²) in [5.41, 5.74) is -5.19. The number of carbonyl (C=O) groups excluding carboxylic acids is 4. The summed E-state index contributed by atoms with van der Waals surface area (Å²) in [5.74, 6) is -2.19. The highest BCUT2D eigenvalue weighted by Gasteiger charge is 2.90. The molecule has 360 valence electrons. The minimum atomic E-state index is -1.96. The van der Waals surface area contributed by atoms with Crippen LogP contribution in [0.3, 0.4) is 0 Å².